The van der Waals surface area contributed by atoms with Crippen LogP contribution >= 0.6 is 0 Å². The fraction of sp³-hybridized carbons (Fsp3) is 0.500. The van der Waals surface area contributed by atoms with Crippen molar-refractivity contribution in [1.82, 2.24) is 9.80 Å². The van der Waals surface area contributed by atoms with E-state index >= 15 is 0 Å². The molecule has 1 saturated heterocycles. The maximum absolute atomic E-state index is 12.5. The smallest absolute Gasteiger partial charge is 0.242 e. The Balaban J connectivity index is 1.98. The van der Waals surface area contributed by atoms with Gasteiger partial charge in [0.15, 0.2) is 0 Å². The molecular weight excluding hydrogens is 266 g/mol. The Morgan fingerprint density at radius 3 is 2.43 bits per heavy atom. The summed E-state index contributed by atoms with van der Waals surface area (Å²) in [6, 6.07) is 9.47. The average molecular weight is 289 g/mol. The lowest BCUT2D eigenvalue weighted by Gasteiger charge is -2.25. The Morgan fingerprint density at radius 1 is 1.24 bits per heavy atom. The van der Waals surface area contributed by atoms with Crippen LogP contribution < -0.4 is 5.73 Å². The second kappa shape index (κ2) is 7.22. The molecule has 1 aliphatic rings. The van der Waals surface area contributed by atoms with Gasteiger partial charge in [0.1, 0.15) is 0 Å². The monoisotopic (exact) mass is 289 g/mol. The Kier molecular flexibility index (Phi) is 5.33. The van der Waals surface area contributed by atoms with Gasteiger partial charge in [-0.1, -0.05) is 30.3 Å². The highest BCUT2D eigenvalue weighted by atomic mass is 16.2. The molecule has 2 rings (SSSR count). The van der Waals surface area contributed by atoms with Crippen molar-refractivity contribution in [3.63, 3.8) is 0 Å². The fourth-order valence-electron chi connectivity index (χ4n) is 2.68. The van der Waals surface area contributed by atoms with Crippen molar-refractivity contribution in [2.24, 2.45) is 5.73 Å². The number of nitrogens with zero attached hydrogens (tertiary/aromatic N) is 2. The third-order valence-electron chi connectivity index (χ3n) is 3.94. The normalized spacial score (nSPS) is 15.8. The van der Waals surface area contributed by atoms with Crippen molar-refractivity contribution in [2.45, 2.75) is 18.8 Å². The van der Waals surface area contributed by atoms with E-state index in [1.54, 1.807) is 7.05 Å². The van der Waals surface area contributed by atoms with Gasteiger partial charge in [-0.2, -0.15) is 0 Å². The number of carbonyl (C=O) groups is 2. The Hall–Kier alpha value is -1.88. The summed E-state index contributed by atoms with van der Waals surface area (Å²) in [5.74, 6) is -0.467. The van der Waals surface area contributed by atoms with E-state index in [0.717, 1.165) is 31.5 Å². The largest absolute Gasteiger partial charge is 0.341 e. The summed E-state index contributed by atoms with van der Waals surface area (Å²) in [6.07, 6.45) is 2.11. The molecule has 1 aromatic carbocycles. The predicted molar refractivity (Wildman–Crippen MR) is 81.7 cm³/mol. The first-order valence-corrected chi connectivity index (χ1v) is 7.41. The maximum atomic E-state index is 12.5. The van der Waals surface area contributed by atoms with Crippen LogP contribution in [0, 0.1) is 0 Å². The summed E-state index contributed by atoms with van der Waals surface area (Å²) >= 11 is 0. The number of likely N-dealkylation sites (N-methyl/N-ethyl adjacent to an activating group) is 1. The van der Waals surface area contributed by atoms with E-state index < -0.39 is 0 Å². The van der Waals surface area contributed by atoms with Gasteiger partial charge in [0, 0.05) is 26.7 Å². The Labute approximate surface area is 125 Å². The summed E-state index contributed by atoms with van der Waals surface area (Å²) in [6.45, 7) is 1.98. The lowest BCUT2D eigenvalue weighted by Crippen LogP contribution is -2.42. The molecule has 2 amide bonds. The van der Waals surface area contributed by atoms with Gasteiger partial charge in [0.2, 0.25) is 11.8 Å². The van der Waals surface area contributed by atoms with E-state index in [9.17, 15) is 9.59 Å². The van der Waals surface area contributed by atoms with Gasteiger partial charge in [-0.3, -0.25) is 9.59 Å². The van der Waals surface area contributed by atoms with Crippen molar-refractivity contribution in [3.05, 3.63) is 35.9 Å². The molecule has 114 valence electrons. The van der Waals surface area contributed by atoms with Crippen LogP contribution in [0.1, 0.15) is 24.3 Å². The summed E-state index contributed by atoms with van der Waals surface area (Å²) in [5.41, 5.74) is 6.65. The molecule has 0 bridgehead atoms. The van der Waals surface area contributed by atoms with Gasteiger partial charge in [-0.25, -0.2) is 0 Å². The van der Waals surface area contributed by atoms with Gasteiger partial charge >= 0.3 is 0 Å². The van der Waals surface area contributed by atoms with Gasteiger partial charge < -0.3 is 15.5 Å². The molecule has 1 fully saturated rings. The summed E-state index contributed by atoms with van der Waals surface area (Å²) in [7, 11) is 1.67. The van der Waals surface area contributed by atoms with Crippen LogP contribution in [0.3, 0.4) is 0 Å². The van der Waals surface area contributed by atoms with Crippen LogP contribution in [-0.2, 0) is 9.59 Å². The van der Waals surface area contributed by atoms with Crippen LogP contribution in [0.5, 0.6) is 0 Å². The van der Waals surface area contributed by atoms with Crippen molar-refractivity contribution in [3.8, 4) is 0 Å². The Morgan fingerprint density at radius 2 is 1.86 bits per heavy atom. The minimum absolute atomic E-state index is 0.0205. The van der Waals surface area contributed by atoms with Crippen molar-refractivity contribution >= 4 is 11.8 Å². The number of carbonyl (C=O) groups excluding carboxylic acids is 2. The highest BCUT2D eigenvalue weighted by Gasteiger charge is 2.26. The molecule has 1 aliphatic heterocycles. The van der Waals surface area contributed by atoms with E-state index in [1.165, 1.54) is 4.90 Å². The van der Waals surface area contributed by atoms with Crippen LogP contribution in [0.2, 0.25) is 0 Å². The van der Waals surface area contributed by atoms with Crippen LogP contribution in [0.4, 0.5) is 0 Å². The maximum Gasteiger partial charge on any atom is 0.242 e. The number of hydrogen-bond acceptors (Lipinski definition) is 3. The third kappa shape index (κ3) is 3.82. The zero-order valence-electron chi connectivity index (χ0n) is 12.5. The SMILES string of the molecule is CN(CC(=O)N1CCCC1)C(=O)C(CN)c1ccccc1. The van der Waals surface area contributed by atoms with Crippen LogP contribution in [0.25, 0.3) is 0 Å². The second-order valence-corrected chi connectivity index (χ2v) is 5.48. The molecule has 0 aliphatic carbocycles. The minimum Gasteiger partial charge on any atom is -0.341 e. The summed E-state index contributed by atoms with van der Waals surface area (Å²) < 4.78 is 0. The summed E-state index contributed by atoms with van der Waals surface area (Å²) in [5, 5.41) is 0. The number of nitrogens with two attached hydrogens (primary N) is 1. The van der Waals surface area contributed by atoms with E-state index in [-0.39, 0.29) is 30.8 Å². The van der Waals surface area contributed by atoms with Crippen molar-refractivity contribution < 1.29 is 9.59 Å². The molecule has 5 nitrogen and oxygen atoms in total. The fourth-order valence-corrected chi connectivity index (χ4v) is 2.68. The molecule has 5 heteroatoms. The number of hydrogen-bond donors (Lipinski definition) is 1. The Bertz CT molecular complexity index is 484. The number of rotatable bonds is 5. The molecular formula is C16H23N3O2. The molecule has 1 unspecified atom stereocenters. The van der Waals surface area contributed by atoms with E-state index in [2.05, 4.69) is 0 Å². The first-order valence-electron chi connectivity index (χ1n) is 7.41. The van der Waals surface area contributed by atoms with Crippen LogP contribution in [0.15, 0.2) is 30.3 Å². The lowest BCUT2D eigenvalue weighted by molar-refractivity contribution is -0.139. The molecule has 1 atom stereocenters. The zero-order chi connectivity index (χ0) is 15.2. The molecule has 2 N–H and O–H groups in total. The van der Waals surface area contributed by atoms with E-state index in [4.69, 9.17) is 5.73 Å². The van der Waals surface area contributed by atoms with Gasteiger partial charge in [0.05, 0.1) is 12.5 Å². The minimum atomic E-state index is -0.387. The molecule has 0 aromatic heterocycles. The van der Waals surface area contributed by atoms with E-state index in [1.807, 2.05) is 35.2 Å². The number of benzene rings is 1. The predicted octanol–water partition coefficient (Wildman–Crippen LogP) is 0.810. The molecule has 0 saturated carbocycles. The standard InChI is InChI=1S/C16H23N3O2/c1-18(12-15(20)19-9-5-6-10-19)16(21)14(11-17)13-7-3-2-4-8-13/h2-4,7-8,14H,5-6,9-12,17H2,1H3. The van der Waals surface area contributed by atoms with Gasteiger partial charge in [-0.15, -0.1) is 0 Å². The van der Waals surface area contributed by atoms with Crippen molar-refractivity contribution in [1.29, 1.82) is 0 Å². The third-order valence-corrected chi connectivity index (χ3v) is 3.94. The van der Waals surface area contributed by atoms with Gasteiger partial charge in [0.25, 0.3) is 0 Å². The molecule has 1 aromatic rings. The van der Waals surface area contributed by atoms with Crippen LogP contribution in [-0.4, -0.2) is 54.8 Å². The topological polar surface area (TPSA) is 66.6 Å². The van der Waals surface area contributed by atoms with Crippen molar-refractivity contribution in [2.75, 3.05) is 33.2 Å². The highest BCUT2D eigenvalue weighted by Crippen LogP contribution is 2.17. The average Bonchev–Trinajstić information content (AvgIpc) is 3.03. The summed E-state index contributed by atoms with van der Waals surface area (Å²) in [4.78, 5) is 27.9. The molecule has 1 heterocycles. The molecule has 0 radical (unpaired) electrons. The number of amides is 2. The lowest BCUT2D eigenvalue weighted by atomic mass is 9.98. The van der Waals surface area contributed by atoms with E-state index in [0.29, 0.717) is 0 Å². The van der Waals surface area contributed by atoms with Gasteiger partial charge in [-0.05, 0) is 18.4 Å². The number of likely N-dealkylation sites (tertiary alicyclic amines) is 1. The first-order chi connectivity index (χ1) is 10.1. The molecule has 21 heavy (non-hydrogen) atoms. The quantitative estimate of drug-likeness (QED) is 0.872. The second-order valence-electron chi connectivity index (χ2n) is 5.48. The first kappa shape index (κ1) is 15.5. The molecule has 0 spiro atoms. The highest BCUT2D eigenvalue weighted by molar-refractivity contribution is 5.88. The zero-order valence-corrected chi connectivity index (χ0v) is 12.5.